The van der Waals surface area contributed by atoms with E-state index < -0.39 is 6.10 Å². The summed E-state index contributed by atoms with van der Waals surface area (Å²) in [5, 5.41) is 1.61. The number of fused-ring (bicyclic) bond motifs is 1. The highest BCUT2D eigenvalue weighted by Gasteiger charge is 2.17. The maximum Gasteiger partial charge on any atom is 0.226 e. The van der Waals surface area contributed by atoms with E-state index in [0.717, 1.165) is 16.3 Å². The van der Waals surface area contributed by atoms with E-state index in [1.165, 1.54) is 0 Å². The third-order valence-corrected chi connectivity index (χ3v) is 4.09. The Morgan fingerprint density at radius 2 is 1.71 bits per heavy atom. The van der Waals surface area contributed by atoms with Gasteiger partial charge in [-0.15, -0.1) is 12.6 Å². The minimum atomic E-state index is -0.654. The molecule has 0 amide bonds. The molecular weight excluding hydrogens is 320 g/mol. The summed E-state index contributed by atoms with van der Waals surface area (Å²) in [4.78, 5) is 11.5. The highest BCUT2D eigenvalue weighted by molar-refractivity contribution is 7.96. The second kappa shape index (κ2) is 7.41. The lowest BCUT2D eigenvalue weighted by Gasteiger charge is -2.18. The van der Waals surface area contributed by atoms with Crippen molar-refractivity contribution >= 4 is 28.5 Å². The number of ether oxygens (including phenoxy) is 2. The average molecular weight is 338 g/mol. The monoisotopic (exact) mass is 338 g/mol. The van der Waals surface area contributed by atoms with Crippen LogP contribution in [0.4, 0.5) is 0 Å². The Morgan fingerprint density at radius 3 is 2.46 bits per heavy atom. The Labute approximate surface area is 146 Å². The normalized spacial score (nSPS) is 11.9. The average Bonchev–Trinajstić information content (AvgIpc) is 2.61. The minimum absolute atomic E-state index is 0.322. The molecule has 0 spiro atoms. The van der Waals surface area contributed by atoms with Gasteiger partial charge in [0.15, 0.2) is 17.6 Å². The van der Waals surface area contributed by atoms with Crippen LogP contribution in [0.1, 0.15) is 12.5 Å². The molecule has 3 nitrogen and oxygen atoms in total. The molecule has 122 valence electrons. The van der Waals surface area contributed by atoms with Crippen molar-refractivity contribution in [3.05, 3.63) is 72.3 Å². The van der Waals surface area contributed by atoms with E-state index in [1.807, 2.05) is 66.7 Å². The van der Waals surface area contributed by atoms with E-state index in [0.29, 0.717) is 18.1 Å². The van der Waals surface area contributed by atoms with Gasteiger partial charge < -0.3 is 9.47 Å². The van der Waals surface area contributed by atoms with E-state index in [-0.39, 0.29) is 5.12 Å². The molecule has 3 rings (SSSR count). The van der Waals surface area contributed by atoms with Crippen LogP contribution in [-0.4, -0.2) is 11.2 Å². The predicted molar refractivity (Wildman–Crippen MR) is 98.8 cm³/mol. The van der Waals surface area contributed by atoms with Crippen LogP contribution in [-0.2, 0) is 11.4 Å². The lowest BCUT2D eigenvalue weighted by atomic mass is 10.1. The summed E-state index contributed by atoms with van der Waals surface area (Å²) in [7, 11) is 0. The molecule has 0 aliphatic heterocycles. The summed E-state index contributed by atoms with van der Waals surface area (Å²) in [5.74, 6) is 1.18. The van der Waals surface area contributed by atoms with E-state index in [1.54, 1.807) is 6.92 Å². The van der Waals surface area contributed by atoms with Gasteiger partial charge in [-0.2, -0.15) is 0 Å². The molecule has 0 bridgehead atoms. The van der Waals surface area contributed by atoms with Gasteiger partial charge in [-0.25, -0.2) is 0 Å². The molecule has 0 N–H and O–H groups in total. The third kappa shape index (κ3) is 3.71. The zero-order valence-corrected chi connectivity index (χ0v) is 14.2. The van der Waals surface area contributed by atoms with E-state index in [4.69, 9.17) is 9.47 Å². The van der Waals surface area contributed by atoms with Crippen molar-refractivity contribution in [1.29, 1.82) is 0 Å². The SMILES string of the molecule is CC(Oc1c(OCc2ccccc2)ccc2ccccc12)C(=O)S. The largest absolute Gasteiger partial charge is 0.485 e. The van der Waals surface area contributed by atoms with Crippen LogP contribution in [0.2, 0.25) is 0 Å². The first kappa shape index (κ1) is 16.4. The predicted octanol–water partition coefficient (Wildman–Crippen LogP) is 4.64. The van der Waals surface area contributed by atoms with Crippen molar-refractivity contribution < 1.29 is 14.3 Å². The van der Waals surface area contributed by atoms with Crippen LogP contribution in [0.25, 0.3) is 10.8 Å². The van der Waals surface area contributed by atoms with Crippen molar-refractivity contribution in [2.75, 3.05) is 0 Å². The van der Waals surface area contributed by atoms with Gasteiger partial charge in [0.2, 0.25) is 5.12 Å². The lowest BCUT2D eigenvalue weighted by Crippen LogP contribution is -2.19. The molecule has 1 unspecified atom stereocenters. The van der Waals surface area contributed by atoms with Crippen LogP contribution in [0.15, 0.2) is 66.7 Å². The van der Waals surface area contributed by atoms with Crippen LogP contribution in [0.5, 0.6) is 11.5 Å². The Bertz CT molecular complexity index is 846. The number of hydrogen-bond donors (Lipinski definition) is 1. The molecule has 3 aromatic rings. The zero-order chi connectivity index (χ0) is 16.9. The first-order valence-electron chi connectivity index (χ1n) is 7.73. The molecule has 0 radical (unpaired) electrons. The summed E-state index contributed by atoms with van der Waals surface area (Å²) >= 11 is 3.86. The molecule has 0 aliphatic rings. The summed E-state index contributed by atoms with van der Waals surface area (Å²) < 4.78 is 11.8. The number of thiol groups is 1. The van der Waals surface area contributed by atoms with Crippen LogP contribution < -0.4 is 9.47 Å². The summed E-state index contributed by atoms with van der Waals surface area (Å²) in [6, 6.07) is 21.6. The minimum Gasteiger partial charge on any atom is -0.485 e. The topological polar surface area (TPSA) is 35.5 Å². The van der Waals surface area contributed by atoms with Crippen molar-refractivity contribution in [3.8, 4) is 11.5 Å². The van der Waals surface area contributed by atoms with E-state index in [2.05, 4.69) is 12.6 Å². The third-order valence-electron chi connectivity index (χ3n) is 3.72. The van der Waals surface area contributed by atoms with Crippen molar-refractivity contribution in [3.63, 3.8) is 0 Å². The fraction of sp³-hybridized carbons (Fsp3) is 0.150. The second-order valence-electron chi connectivity index (χ2n) is 5.49. The van der Waals surface area contributed by atoms with Crippen LogP contribution in [0, 0.1) is 0 Å². The Morgan fingerprint density at radius 1 is 1.00 bits per heavy atom. The van der Waals surface area contributed by atoms with Gasteiger partial charge in [-0.05, 0) is 23.9 Å². The Hall–Kier alpha value is -2.46. The van der Waals surface area contributed by atoms with Gasteiger partial charge in [0.1, 0.15) is 6.61 Å². The number of carbonyl (C=O) groups excluding carboxylic acids is 1. The first-order chi connectivity index (χ1) is 11.6. The fourth-order valence-electron chi connectivity index (χ4n) is 2.42. The number of benzene rings is 3. The molecule has 1 atom stereocenters. The summed E-state index contributed by atoms with van der Waals surface area (Å²) in [6.07, 6.45) is -0.654. The zero-order valence-electron chi connectivity index (χ0n) is 13.3. The number of hydrogen-bond acceptors (Lipinski definition) is 3. The van der Waals surface area contributed by atoms with Gasteiger partial charge in [-0.3, -0.25) is 4.79 Å². The van der Waals surface area contributed by atoms with Gasteiger partial charge in [-0.1, -0.05) is 60.7 Å². The van der Waals surface area contributed by atoms with Crippen molar-refractivity contribution in [1.82, 2.24) is 0 Å². The molecular formula is C20H18O3S. The number of rotatable bonds is 6. The number of carbonyl (C=O) groups is 1. The van der Waals surface area contributed by atoms with E-state index >= 15 is 0 Å². The molecule has 3 aromatic carbocycles. The first-order valence-corrected chi connectivity index (χ1v) is 8.18. The summed E-state index contributed by atoms with van der Waals surface area (Å²) in [5.41, 5.74) is 1.06. The highest BCUT2D eigenvalue weighted by Crippen LogP contribution is 2.37. The fourth-order valence-corrected chi connectivity index (χ4v) is 2.47. The molecule has 0 fully saturated rings. The van der Waals surface area contributed by atoms with Crippen molar-refractivity contribution in [2.24, 2.45) is 0 Å². The molecule has 0 saturated heterocycles. The van der Waals surface area contributed by atoms with Gasteiger partial charge in [0, 0.05) is 5.39 Å². The standard InChI is InChI=1S/C20H18O3S/c1-14(20(21)24)23-19-17-10-6-5-9-16(17)11-12-18(19)22-13-15-7-3-2-4-8-15/h2-12,14H,13H2,1H3,(H,21,24). The smallest absolute Gasteiger partial charge is 0.226 e. The quantitative estimate of drug-likeness (QED) is 0.665. The van der Waals surface area contributed by atoms with Gasteiger partial charge in [0.05, 0.1) is 0 Å². The van der Waals surface area contributed by atoms with Gasteiger partial charge >= 0.3 is 0 Å². The second-order valence-corrected chi connectivity index (χ2v) is 5.93. The maximum atomic E-state index is 11.5. The summed E-state index contributed by atoms with van der Waals surface area (Å²) in [6.45, 7) is 2.11. The van der Waals surface area contributed by atoms with E-state index in [9.17, 15) is 4.79 Å². The van der Waals surface area contributed by atoms with Crippen LogP contribution >= 0.6 is 12.6 Å². The molecule has 0 aromatic heterocycles. The molecule has 0 heterocycles. The molecule has 0 saturated carbocycles. The highest BCUT2D eigenvalue weighted by atomic mass is 32.1. The molecule has 24 heavy (non-hydrogen) atoms. The van der Waals surface area contributed by atoms with Crippen LogP contribution in [0.3, 0.4) is 0 Å². The van der Waals surface area contributed by atoms with Crippen molar-refractivity contribution in [2.45, 2.75) is 19.6 Å². The Balaban J connectivity index is 1.95. The van der Waals surface area contributed by atoms with Gasteiger partial charge in [0.25, 0.3) is 0 Å². The lowest BCUT2D eigenvalue weighted by molar-refractivity contribution is -0.116. The Kier molecular flexibility index (Phi) is 5.06. The molecule has 0 aliphatic carbocycles. The maximum absolute atomic E-state index is 11.5. The molecule has 4 heteroatoms.